The lowest BCUT2D eigenvalue weighted by molar-refractivity contribution is -0.384. The maximum atomic E-state index is 12.9. The molecule has 158 valence electrons. The van der Waals surface area contributed by atoms with Gasteiger partial charge in [-0.15, -0.1) is 12.4 Å². The second-order valence-corrected chi connectivity index (χ2v) is 6.91. The summed E-state index contributed by atoms with van der Waals surface area (Å²) in [5.74, 6) is -0.302. The van der Waals surface area contributed by atoms with Crippen LogP contribution in [0.1, 0.15) is 16.7 Å². The van der Waals surface area contributed by atoms with Gasteiger partial charge in [-0.25, -0.2) is 0 Å². The number of hydrogen-bond donors (Lipinski definition) is 3. The van der Waals surface area contributed by atoms with Crippen LogP contribution in [0.3, 0.4) is 0 Å². The minimum Gasteiger partial charge on any atom is -0.354 e. The van der Waals surface area contributed by atoms with E-state index in [9.17, 15) is 14.9 Å². The van der Waals surface area contributed by atoms with E-state index in [1.54, 1.807) is 6.07 Å². The maximum absolute atomic E-state index is 12.9. The predicted octanol–water partition coefficient (Wildman–Crippen LogP) is 4.67. The molecule has 0 saturated heterocycles. The van der Waals surface area contributed by atoms with Crippen LogP contribution in [0.5, 0.6) is 0 Å². The minimum atomic E-state index is -0.462. The number of hydrogen-bond acceptors (Lipinski definition) is 5. The summed E-state index contributed by atoms with van der Waals surface area (Å²) in [5, 5.41) is 20.5. The molecular weight excluding hydrogens is 416 g/mol. The largest absolute Gasteiger partial charge is 0.354 e. The lowest BCUT2D eigenvalue weighted by Crippen LogP contribution is -2.10. The SMILES string of the molecule is CNCc1ccc(NC(=C2C(=O)Nc3ccc([N+](=O)[O-])cc32)c2ccccc2)cc1.Cl. The van der Waals surface area contributed by atoms with Gasteiger partial charge < -0.3 is 16.0 Å². The van der Waals surface area contributed by atoms with Gasteiger partial charge in [-0.05, 0) is 36.4 Å². The number of anilines is 2. The highest BCUT2D eigenvalue weighted by atomic mass is 35.5. The number of non-ortho nitro benzene ring substituents is 1. The first kappa shape index (κ1) is 22.0. The predicted molar refractivity (Wildman–Crippen MR) is 125 cm³/mol. The van der Waals surface area contributed by atoms with E-state index in [0.29, 0.717) is 22.5 Å². The molecule has 0 aromatic heterocycles. The van der Waals surface area contributed by atoms with Crippen molar-refractivity contribution in [3.8, 4) is 0 Å². The molecule has 1 aliphatic rings. The van der Waals surface area contributed by atoms with Crippen LogP contribution in [-0.4, -0.2) is 17.9 Å². The number of rotatable bonds is 6. The van der Waals surface area contributed by atoms with Crippen molar-refractivity contribution >= 4 is 46.6 Å². The fourth-order valence-corrected chi connectivity index (χ4v) is 3.46. The number of carbonyl (C=O) groups is 1. The average Bonchev–Trinajstić information content (AvgIpc) is 3.09. The molecule has 1 amide bonds. The van der Waals surface area contributed by atoms with E-state index in [0.717, 1.165) is 23.4 Å². The van der Waals surface area contributed by atoms with Crippen LogP contribution in [0.25, 0.3) is 11.3 Å². The summed E-state index contributed by atoms with van der Waals surface area (Å²) in [4.78, 5) is 23.7. The average molecular weight is 437 g/mol. The minimum absolute atomic E-state index is 0. The van der Waals surface area contributed by atoms with Gasteiger partial charge >= 0.3 is 0 Å². The third-order valence-electron chi connectivity index (χ3n) is 4.88. The van der Waals surface area contributed by atoms with Crippen LogP contribution >= 0.6 is 12.4 Å². The van der Waals surface area contributed by atoms with Crippen molar-refractivity contribution in [3.63, 3.8) is 0 Å². The van der Waals surface area contributed by atoms with E-state index in [-0.39, 0.29) is 24.0 Å². The van der Waals surface area contributed by atoms with Crippen molar-refractivity contribution in [1.82, 2.24) is 5.32 Å². The lowest BCUT2D eigenvalue weighted by atomic mass is 9.99. The number of nitro benzene ring substituents is 1. The summed E-state index contributed by atoms with van der Waals surface area (Å²) in [6.45, 7) is 0.756. The normalized spacial score (nSPS) is 13.6. The summed E-state index contributed by atoms with van der Waals surface area (Å²) in [7, 11) is 1.89. The third kappa shape index (κ3) is 4.58. The third-order valence-corrected chi connectivity index (χ3v) is 4.88. The smallest absolute Gasteiger partial charge is 0.270 e. The second kappa shape index (κ2) is 9.42. The number of carbonyl (C=O) groups excluding carboxylic acids is 1. The van der Waals surface area contributed by atoms with Crippen LogP contribution in [0, 0.1) is 10.1 Å². The van der Waals surface area contributed by atoms with Gasteiger partial charge in [-0.3, -0.25) is 14.9 Å². The van der Waals surface area contributed by atoms with Gasteiger partial charge in [0.1, 0.15) is 0 Å². The molecule has 3 aromatic carbocycles. The second-order valence-electron chi connectivity index (χ2n) is 6.91. The molecule has 0 spiro atoms. The topological polar surface area (TPSA) is 96.3 Å². The Morgan fingerprint density at radius 3 is 2.39 bits per heavy atom. The number of fused-ring (bicyclic) bond motifs is 1. The van der Waals surface area contributed by atoms with E-state index in [1.807, 2.05) is 61.6 Å². The molecule has 0 fully saturated rings. The molecular formula is C23H21ClN4O3. The molecule has 4 rings (SSSR count). The fourth-order valence-electron chi connectivity index (χ4n) is 3.46. The monoisotopic (exact) mass is 436 g/mol. The number of nitrogens with one attached hydrogen (secondary N) is 3. The van der Waals surface area contributed by atoms with Crippen molar-refractivity contribution in [3.05, 3.63) is 99.6 Å². The zero-order valence-corrected chi connectivity index (χ0v) is 17.5. The van der Waals surface area contributed by atoms with E-state index >= 15 is 0 Å². The molecule has 8 heteroatoms. The summed E-state index contributed by atoms with van der Waals surface area (Å²) >= 11 is 0. The van der Waals surface area contributed by atoms with Gasteiger partial charge in [-0.2, -0.15) is 0 Å². The number of nitro groups is 1. The van der Waals surface area contributed by atoms with Crippen molar-refractivity contribution < 1.29 is 9.72 Å². The van der Waals surface area contributed by atoms with E-state index in [2.05, 4.69) is 16.0 Å². The van der Waals surface area contributed by atoms with Crippen molar-refractivity contribution in [1.29, 1.82) is 0 Å². The van der Waals surface area contributed by atoms with E-state index in [4.69, 9.17) is 0 Å². The van der Waals surface area contributed by atoms with Crippen molar-refractivity contribution in [2.24, 2.45) is 0 Å². The molecule has 1 aliphatic heterocycles. The Hall–Kier alpha value is -3.68. The van der Waals surface area contributed by atoms with E-state index in [1.165, 1.54) is 12.1 Å². The first-order chi connectivity index (χ1) is 14.6. The molecule has 0 bridgehead atoms. The molecule has 0 atom stereocenters. The highest BCUT2D eigenvalue weighted by molar-refractivity contribution is 6.37. The van der Waals surface area contributed by atoms with Crippen LogP contribution in [0.4, 0.5) is 17.1 Å². The molecule has 0 unspecified atom stereocenters. The highest BCUT2D eigenvalue weighted by Crippen LogP contribution is 2.39. The summed E-state index contributed by atoms with van der Waals surface area (Å²) in [5.41, 5.74) is 4.72. The standard InChI is InChI=1S/C23H20N4O3.ClH/c1-24-14-15-7-9-17(10-8-15)25-22(16-5-3-2-4-6-16)21-19-13-18(27(29)30)11-12-20(19)26-23(21)28;/h2-13,24-25H,14H2,1H3,(H,26,28);1H. The Morgan fingerprint density at radius 2 is 1.74 bits per heavy atom. The summed E-state index contributed by atoms with van der Waals surface area (Å²) < 4.78 is 0. The Balaban J connectivity index is 0.00000272. The zero-order valence-electron chi connectivity index (χ0n) is 16.7. The van der Waals surface area contributed by atoms with Crippen LogP contribution in [0.2, 0.25) is 0 Å². The molecule has 31 heavy (non-hydrogen) atoms. The van der Waals surface area contributed by atoms with Gasteiger partial charge in [-0.1, -0.05) is 42.5 Å². The number of amides is 1. The van der Waals surface area contributed by atoms with Crippen LogP contribution in [-0.2, 0) is 11.3 Å². The summed E-state index contributed by atoms with van der Waals surface area (Å²) in [6, 6.07) is 21.7. The molecule has 3 aromatic rings. The lowest BCUT2D eigenvalue weighted by Gasteiger charge is -2.15. The Morgan fingerprint density at radius 1 is 1.03 bits per heavy atom. The van der Waals surface area contributed by atoms with Crippen LogP contribution < -0.4 is 16.0 Å². The molecule has 7 nitrogen and oxygen atoms in total. The number of benzene rings is 3. The zero-order chi connectivity index (χ0) is 21.1. The first-order valence-corrected chi connectivity index (χ1v) is 9.47. The number of halogens is 1. The van der Waals surface area contributed by atoms with E-state index < -0.39 is 4.92 Å². The van der Waals surface area contributed by atoms with Gasteiger partial charge in [0.05, 0.1) is 16.2 Å². The molecule has 1 heterocycles. The molecule has 0 saturated carbocycles. The maximum Gasteiger partial charge on any atom is 0.270 e. The quantitative estimate of drug-likeness (QED) is 0.296. The molecule has 3 N–H and O–H groups in total. The number of nitrogens with zero attached hydrogens (tertiary/aromatic N) is 1. The van der Waals surface area contributed by atoms with Gasteiger partial charge in [0.15, 0.2) is 0 Å². The Kier molecular flexibility index (Phi) is 6.69. The molecule has 0 radical (unpaired) electrons. The van der Waals surface area contributed by atoms with Crippen molar-refractivity contribution in [2.75, 3.05) is 17.7 Å². The van der Waals surface area contributed by atoms with Crippen LogP contribution in [0.15, 0.2) is 72.8 Å². The Labute approximate surface area is 185 Å². The highest BCUT2D eigenvalue weighted by Gasteiger charge is 2.30. The Bertz CT molecular complexity index is 1150. The first-order valence-electron chi connectivity index (χ1n) is 9.47. The fraction of sp³-hybridized carbons (Fsp3) is 0.0870. The van der Waals surface area contributed by atoms with Crippen molar-refractivity contribution in [2.45, 2.75) is 6.54 Å². The van der Waals surface area contributed by atoms with Gasteiger partial charge in [0.2, 0.25) is 0 Å². The van der Waals surface area contributed by atoms with Gasteiger partial charge in [0.25, 0.3) is 11.6 Å². The molecule has 0 aliphatic carbocycles. The summed E-state index contributed by atoms with van der Waals surface area (Å²) in [6.07, 6.45) is 0. The van der Waals surface area contributed by atoms with Gasteiger partial charge in [0, 0.05) is 35.6 Å².